The first-order valence-electron chi connectivity index (χ1n) is 7.34. The molecule has 1 aliphatic heterocycles. The van der Waals surface area contributed by atoms with Gasteiger partial charge in [0.1, 0.15) is 0 Å². The zero-order valence-electron chi connectivity index (χ0n) is 12.9. The van der Waals surface area contributed by atoms with E-state index in [0.29, 0.717) is 6.61 Å². The van der Waals surface area contributed by atoms with E-state index in [4.69, 9.17) is 14.2 Å². The number of esters is 2. The zero-order chi connectivity index (χ0) is 15.3. The third-order valence-electron chi connectivity index (χ3n) is 5.38. The molecule has 0 N–H and O–H groups in total. The van der Waals surface area contributed by atoms with E-state index in [1.165, 1.54) is 0 Å². The molecule has 0 radical (unpaired) electrons. The molecule has 2 aliphatic carbocycles. The van der Waals surface area contributed by atoms with E-state index in [1.807, 2.05) is 6.92 Å². The zero-order valence-corrected chi connectivity index (χ0v) is 15.0. The van der Waals surface area contributed by atoms with Gasteiger partial charge in [-0.3, -0.25) is 0 Å². The molecule has 5 nitrogen and oxygen atoms in total. The van der Waals surface area contributed by atoms with E-state index < -0.39 is 19.8 Å². The van der Waals surface area contributed by atoms with Crippen LogP contribution in [0.25, 0.3) is 0 Å². The Hall–Kier alpha value is -0.370. The quantitative estimate of drug-likeness (QED) is 0.400. The van der Waals surface area contributed by atoms with Crippen molar-refractivity contribution in [2.45, 2.75) is 29.5 Å². The normalized spacial score (nSPS) is 42.5. The second kappa shape index (κ2) is 5.68. The van der Waals surface area contributed by atoms with Crippen LogP contribution in [0.1, 0.15) is 13.3 Å². The van der Waals surface area contributed by atoms with Crippen molar-refractivity contribution in [1.82, 2.24) is 0 Å². The summed E-state index contributed by atoms with van der Waals surface area (Å²) in [5.41, 5.74) is 0. The molecule has 7 unspecified atom stereocenters. The summed E-state index contributed by atoms with van der Waals surface area (Å²) in [6, 6.07) is 0. The molecule has 0 aromatic carbocycles. The van der Waals surface area contributed by atoms with Crippen molar-refractivity contribution in [3.63, 3.8) is 0 Å². The molecule has 1 saturated heterocycles. The number of rotatable bonds is 4. The molecular formula is C15H23IO5. The van der Waals surface area contributed by atoms with Gasteiger partial charge in [-0.05, 0) is 0 Å². The number of alkyl halides is 3. The fraction of sp³-hybridized carbons (Fsp3) is 0.867. The van der Waals surface area contributed by atoms with E-state index in [-0.39, 0.29) is 51.7 Å². The summed E-state index contributed by atoms with van der Waals surface area (Å²) in [7, 11) is 1.64. The van der Waals surface area contributed by atoms with E-state index in [9.17, 15) is 9.59 Å². The van der Waals surface area contributed by atoms with Crippen molar-refractivity contribution in [2.24, 2.45) is 23.7 Å². The van der Waals surface area contributed by atoms with Crippen molar-refractivity contribution in [3.8, 4) is 0 Å². The fourth-order valence-corrected chi connectivity index (χ4v) is 5.31. The Morgan fingerprint density at radius 1 is 1.29 bits per heavy atom. The van der Waals surface area contributed by atoms with Gasteiger partial charge in [0, 0.05) is 0 Å². The topological polar surface area (TPSA) is 61.8 Å². The molecule has 0 aromatic rings. The molecule has 3 fully saturated rings. The van der Waals surface area contributed by atoms with Crippen molar-refractivity contribution in [1.29, 1.82) is 0 Å². The van der Waals surface area contributed by atoms with Gasteiger partial charge in [-0.25, -0.2) is 0 Å². The van der Waals surface area contributed by atoms with Gasteiger partial charge in [0.2, 0.25) is 0 Å². The van der Waals surface area contributed by atoms with Crippen LogP contribution in [0.4, 0.5) is 0 Å². The van der Waals surface area contributed by atoms with E-state index >= 15 is 0 Å². The van der Waals surface area contributed by atoms with Crippen LogP contribution < -0.4 is 0 Å². The summed E-state index contributed by atoms with van der Waals surface area (Å²) in [6.45, 7) is 2.44. The van der Waals surface area contributed by atoms with Gasteiger partial charge in [-0.15, -0.1) is 0 Å². The Bertz CT molecular complexity index is 451. The van der Waals surface area contributed by atoms with Gasteiger partial charge < -0.3 is 0 Å². The van der Waals surface area contributed by atoms with Gasteiger partial charge in [-0.2, -0.15) is 0 Å². The molecule has 120 valence electrons. The van der Waals surface area contributed by atoms with Crippen molar-refractivity contribution < 1.29 is 23.8 Å². The number of hydrogen-bond donors (Lipinski definition) is 0. The van der Waals surface area contributed by atoms with E-state index in [1.54, 1.807) is 7.11 Å². The number of carbonyl (C=O) groups is 2. The number of methoxy groups -OCH3 is 1. The molecule has 3 rings (SSSR count). The summed E-state index contributed by atoms with van der Waals surface area (Å²) in [6.07, 6.45) is 0.547. The second-order valence-electron chi connectivity index (χ2n) is 6.42. The molecule has 6 heteroatoms. The minimum atomic E-state index is -1.23. The maximum absolute atomic E-state index is 12.3. The van der Waals surface area contributed by atoms with Gasteiger partial charge in [0.15, 0.2) is 0 Å². The molecule has 3 aliphatic rings. The average Bonchev–Trinajstić information content (AvgIpc) is 3.09. The van der Waals surface area contributed by atoms with Crippen LogP contribution in [-0.2, 0) is 23.8 Å². The summed E-state index contributed by atoms with van der Waals surface area (Å²) < 4.78 is 16.6. The van der Waals surface area contributed by atoms with Gasteiger partial charge in [0.25, 0.3) is 0 Å². The Kier molecular flexibility index (Phi) is 4.20. The monoisotopic (exact) mass is 410 g/mol. The molecule has 0 spiro atoms. The van der Waals surface area contributed by atoms with Crippen molar-refractivity contribution in [2.75, 3.05) is 23.6 Å². The van der Waals surface area contributed by atoms with Crippen LogP contribution in [0.3, 0.4) is 0 Å². The summed E-state index contributed by atoms with van der Waals surface area (Å²) in [4.78, 5) is 28.5. The molecule has 2 bridgehead atoms. The van der Waals surface area contributed by atoms with E-state index in [0.717, 1.165) is 6.42 Å². The van der Waals surface area contributed by atoms with Crippen LogP contribution in [0.5, 0.6) is 0 Å². The second-order valence-corrected chi connectivity index (χ2v) is 12.9. The molecule has 2 saturated carbocycles. The van der Waals surface area contributed by atoms with Crippen molar-refractivity contribution >= 4 is 31.8 Å². The standard InChI is InChI=1S/C15H23IO5/c1-7(16(2)3)14(17)21-13-8-5-9(12(13)19-4)11-10(8)6-20-15(11)18/h7-13H,5-6H2,1-4H3. The first kappa shape index (κ1) is 15.5. The fourth-order valence-electron chi connectivity index (χ4n) is 4.14. The third kappa shape index (κ3) is 2.38. The predicted octanol–water partition coefficient (Wildman–Crippen LogP) is 1.51. The molecular weight excluding hydrogens is 387 g/mol. The van der Waals surface area contributed by atoms with Crippen LogP contribution >= 0.6 is 19.8 Å². The Morgan fingerprint density at radius 2 is 2.00 bits per heavy atom. The van der Waals surface area contributed by atoms with Gasteiger partial charge in [-0.1, -0.05) is 0 Å². The Morgan fingerprint density at radius 3 is 2.62 bits per heavy atom. The first-order valence-corrected chi connectivity index (χ1v) is 12.9. The summed E-state index contributed by atoms with van der Waals surface area (Å²) in [5.74, 6) is 0.331. The number of carbonyl (C=O) groups excluding carboxylic acids is 2. The Labute approximate surface area is 132 Å². The third-order valence-corrected chi connectivity index (χ3v) is 9.62. The SMILES string of the molecule is COC1C2CC(C3COC(=O)C32)C1OC(=O)C(C)I(C)C. The predicted molar refractivity (Wildman–Crippen MR) is 85.5 cm³/mol. The number of fused-ring (bicyclic) bond motifs is 5. The molecule has 1 heterocycles. The molecule has 7 atom stereocenters. The van der Waals surface area contributed by atoms with Crippen LogP contribution in [-0.4, -0.2) is 51.6 Å². The van der Waals surface area contributed by atoms with E-state index in [2.05, 4.69) is 9.86 Å². The number of hydrogen-bond acceptors (Lipinski definition) is 5. The summed E-state index contributed by atoms with van der Waals surface area (Å²) >= 11 is -1.23. The first-order chi connectivity index (χ1) is 9.95. The maximum atomic E-state index is 12.3. The number of ether oxygens (including phenoxy) is 3. The number of halogens is 1. The number of cyclic esters (lactones) is 1. The molecule has 21 heavy (non-hydrogen) atoms. The average molecular weight is 410 g/mol. The summed E-state index contributed by atoms with van der Waals surface area (Å²) in [5, 5.41) is 0. The molecule has 0 aromatic heterocycles. The van der Waals surface area contributed by atoms with Crippen molar-refractivity contribution in [3.05, 3.63) is 0 Å². The Balaban J connectivity index is 1.75. The minimum absolute atomic E-state index is 0.0306. The van der Waals surface area contributed by atoms with Crippen LogP contribution in [0.2, 0.25) is 0 Å². The van der Waals surface area contributed by atoms with Crippen LogP contribution in [0, 0.1) is 23.7 Å². The van der Waals surface area contributed by atoms with Gasteiger partial charge >= 0.3 is 132 Å². The molecule has 0 amide bonds. The van der Waals surface area contributed by atoms with Crippen LogP contribution in [0.15, 0.2) is 0 Å². The van der Waals surface area contributed by atoms with Gasteiger partial charge in [0.05, 0.1) is 0 Å².